The highest BCUT2D eigenvalue weighted by Gasteiger charge is 2.19. The van der Waals surface area contributed by atoms with Gasteiger partial charge in [0.15, 0.2) is 0 Å². The number of aryl methyl sites for hydroxylation is 1. The summed E-state index contributed by atoms with van der Waals surface area (Å²) in [6.07, 6.45) is 0. The first-order chi connectivity index (χ1) is 26.2. The standard InChI is InChI=1S/C52H35N/c1-34-27-29-36(30-28-34)40-31-32-48(42-19-5-4-18-41(40)42)52-46-22-8-6-20-44(46)51(45-21-7-9-23-47(45)52)38-16-10-15-37(33-38)49-25-12-26-50(53-49)43-24-11-14-35-13-2-3-17-39(35)43/h2-33H,1H3. The summed E-state index contributed by atoms with van der Waals surface area (Å²) >= 11 is 0. The third-order valence-corrected chi connectivity index (χ3v) is 10.7. The fraction of sp³-hybridized carbons (Fsp3) is 0.0192. The highest BCUT2D eigenvalue weighted by Crippen LogP contribution is 2.46. The summed E-state index contributed by atoms with van der Waals surface area (Å²) in [5.41, 5.74) is 12.9. The first-order valence-electron chi connectivity index (χ1n) is 18.3. The number of hydrogen-bond acceptors (Lipinski definition) is 1. The highest BCUT2D eigenvalue weighted by atomic mass is 14.7. The lowest BCUT2D eigenvalue weighted by Crippen LogP contribution is -1.93. The van der Waals surface area contributed by atoms with E-state index in [1.807, 2.05) is 0 Å². The van der Waals surface area contributed by atoms with Gasteiger partial charge in [-0.1, -0.05) is 181 Å². The second kappa shape index (κ2) is 12.7. The minimum atomic E-state index is 0.961. The van der Waals surface area contributed by atoms with Crippen molar-refractivity contribution in [1.29, 1.82) is 0 Å². The van der Waals surface area contributed by atoms with Gasteiger partial charge < -0.3 is 0 Å². The van der Waals surface area contributed by atoms with Gasteiger partial charge in [-0.25, -0.2) is 4.98 Å². The number of nitrogens with zero attached hydrogens (tertiary/aromatic N) is 1. The zero-order valence-corrected chi connectivity index (χ0v) is 29.4. The van der Waals surface area contributed by atoms with Crippen LogP contribution in [0.3, 0.4) is 0 Å². The van der Waals surface area contributed by atoms with Crippen LogP contribution in [0.25, 0.3) is 99.0 Å². The van der Waals surface area contributed by atoms with Crippen LogP contribution in [-0.4, -0.2) is 4.98 Å². The van der Waals surface area contributed by atoms with Crippen molar-refractivity contribution < 1.29 is 0 Å². The number of hydrogen-bond donors (Lipinski definition) is 0. The van der Waals surface area contributed by atoms with E-state index in [0.717, 1.165) is 22.5 Å². The number of pyridine rings is 1. The Morgan fingerprint density at radius 1 is 0.302 bits per heavy atom. The van der Waals surface area contributed by atoms with E-state index in [1.54, 1.807) is 0 Å². The largest absolute Gasteiger partial charge is 0.248 e. The number of rotatable bonds is 5. The molecule has 0 saturated heterocycles. The zero-order valence-electron chi connectivity index (χ0n) is 29.4. The molecule has 0 atom stereocenters. The number of fused-ring (bicyclic) bond motifs is 4. The molecule has 0 unspecified atom stereocenters. The third-order valence-electron chi connectivity index (χ3n) is 10.7. The molecule has 0 aliphatic rings. The summed E-state index contributed by atoms with van der Waals surface area (Å²) in [5.74, 6) is 0. The van der Waals surface area contributed by atoms with Gasteiger partial charge in [0.2, 0.25) is 0 Å². The molecule has 0 aliphatic heterocycles. The van der Waals surface area contributed by atoms with Crippen molar-refractivity contribution in [3.8, 4) is 55.9 Å². The molecule has 0 fully saturated rings. The molecule has 1 heteroatoms. The lowest BCUT2D eigenvalue weighted by molar-refractivity contribution is 1.33. The molecule has 0 amide bonds. The van der Waals surface area contributed by atoms with Gasteiger partial charge in [-0.2, -0.15) is 0 Å². The molecule has 0 bridgehead atoms. The summed E-state index contributed by atoms with van der Waals surface area (Å²) in [7, 11) is 0. The minimum Gasteiger partial charge on any atom is -0.248 e. The molecular weight excluding hydrogens is 639 g/mol. The highest BCUT2D eigenvalue weighted by molar-refractivity contribution is 6.24. The molecule has 9 aromatic carbocycles. The van der Waals surface area contributed by atoms with E-state index in [2.05, 4.69) is 201 Å². The van der Waals surface area contributed by atoms with Crippen LogP contribution in [0.15, 0.2) is 194 Å². The molecule has 1 heterocycles. The Bertz CT molecular complexity index is 2940. The average Bonchev–Trinajstić information content (AvgIpc) is 3.23. The van der Waals surface area contributed by atoms with E-state index in [1.165, 1.54) is 82.0 Å². The first kappa shape index (κ1) is 30.9. The molecule has 0 N–H and O–H groups in total. The second-order valence-electron chi connectivity index (χ2n) is 13.9. The van der Waals surface area contributed by atoms with Crippen molar-refractivity contribution in [3.63, 3.8) is 0 Å². The van der Waals surface area contributed by atoms with Crippen LogP contribution < -0.4 is 0 Å². The molecule has 0 spiro atoms. The van der Waals surface area contributed by atoms with E-state index in [4.69, 9.17) is 4.98 Å². The maximum Gasteiger partial charge on any atom is 0.0715 e. The van der Waals surface area contributed by atoms with Crippen molar-refractivity contribution >= 4 is 43.1 Å². The Hall–Kier alpha value is -6.83. The number of benzene rings is 9. The van der Waals surface area contributed by atoms with Crippen LogP contribution in [0.1, 0.15) is 5.56 Å². The van der Waals surface area contributed by atoms with E-state index in [9.17, 15) is 0 Å². The molecule has 0 radical (unpaired) electrons. The summed E-state index contributed by atoms with van der Waals surface area (Å²) in [6, 6.07) is 70.5. The molecule has 0 saturated carbocycles. The van der Waals surface area contributed by atoms with Crippen LogP contribution >= 0.6 is 0 Å². The molecular formula is C52H35N. The Morgan fingerprint density at radius 3 is 1.53 bits per heavy atom. The Morgan fingerprint density at radius 2 is 0.811 bits per heavy atom. The third kappa shape index (κ3) is 5.29. The molecule has 1 aromatic heterocycles. The van der Waals surface area contributed by atoms with Crippen LogP contribution in [0.5, 0.6) is 0 Å². The Labute approximate surface area is 309 Å². The molecule has 1 nitrogen and oxygen atoms in total. The van der Waals surface area contributed by atoms with Gasteiger partial charge in [-0.15, -0.1) is 0 Å². The minimum absolute atomic E-state index is 0.961. The predicted octanol–water partition coefficient (Wildman–Crippen LogP) is 14.3. The van der Waals surface area contributed by atoms with Crippen molar-refractivity contribution in [2.45, 2.75) is 6.92 Å². The lowest BCUT2D eigenvalue weighted by atomic mass is 9.83. The molecule has 10 rings (SSSR count). The second-order valence-corrected chi connectivity index (χ2v) is 13.9. The molecule has 53 heavy (non-hydrogen) atoms. The Balaban J connectivity index is 1.16. The lowest BCUT2D eigenvalue weighted by Gasteiger charge is -2.20. The van der Waals surface area contributed by atoms with Crippen molar-refractivity contribution in [2.75, 3.05) is 0 Å². The molecule has 248 valence electrons. The van der Waals surface area contributed by atoms with Gasteiger partial charge in [0.1, 0.15) is 0 Å². The van der Waals surface area contributed by atoms with Crippen LogP contribution in [0, 0.1) is 6.92 Å². The first-order valence-corrected chi connectivity index (χ1v) is 18.3. The summed E-state index contributed by atoms with van der Waals surface area (Å²) in [4.78, 5) is 5.24. The van der Waals surface area contributed by atoms with Crippen LogP contribution in [-0.2, 0) is 0 Å². The summed E-state index contributed by atoms with van der Waals surface area (Å²) < 4.78 is 0. The quantitative estimate of drug-likeness (QED) is 0.166. The van der Waals surface area contributed by atoms with Gasteiger partial charge in [-0.3, -0.25) is 0 Å². The van der Waals surface area contributed by atoms with Gasteiger partial charge >= 0.3 is 0 Å². The van der Waals surface area contributed by atoms with E-state index in [-0.39, 0.29) is 0 Å². The van der Waals surface area contributed by atoms with Gasteiger partial charge in [0, 0.05) is 11.1 Å². The average molecular weight is 674 g/mol. The van der Waals surface area contributed by atoms with Gasteiger partial charge in [-0.05, 0) is 102 Å². The van der Waals surface area contributed by atoms with E-state index in [0.29, 0.717) is 0 Å². The maximum absolute atomic E-state index is 5.24. The van der Waals surface area contributed by atoms with Crippen molar-refractivity contribution in [2.24, 2.45) is 0 Å². The van der Waals surface area contributed by atoms with Crippen molar-refractivity contribution in [3.05, 3.63) is 200 Å². The smallest absolute Gasteiger partial charge is 0.0715 e. The monoisotopic (exact) mass is 673 g/mol. The fourth-order valence-corrected chi connectivity index (χ4v) is 8.26. The van der Waals surface area contributed by atoms with E-state index >= 15 is 0 Å². The SMILES string of the molecule is Cc1ccc(-c2ccc(-c3c4ccccc4c(-c4cccc(-c5cccc(-c6cccc7ccccc67)n5)c4)c4ccccc34)c3ccccc23)cc1. The topological polar surface area (TPSA) is 12.9 Å². The molecule has 10 aromatic rings. The van der Waals surface area contributed by atoms with Crippen LogP contribution in [0.2, 0.25) is 0 Å². The number of aromatic nitrogens is 1. The predicted molar refractivity (Wildman–Crippen MR) is 226 cm³/mol. The van der Waals surface area contributed by atoms with E-state index < -0.39 is 0 Å². The Kier molecular flexibility index (Phi) is 7.44. The van der Waals surface area contributed by atoms with Crippen molar-refractivity contribution in [1.82, 2.24) is 4.98 Å². The van der Waals surface area contributed by atoms with Gasteiger partial charge in [0.05, 0.1) is 11.4 Å². The normalized spacial score (nSPS) is 11.5. The molecule has 0 aliphatic carbocycles. The summed E-state index contributed by atoms with van der Waals surface area (Å²) in [5, 5.41) is 9.92. The fourth-order valence-electron chi connectivity index (χ4n) is 8.26. The van der Waals surface area contributed by atoms with Gasteiger partial charge in [0.25, 0.3) is 0 Å². The summed E-state index contributed by atoms with van der Waals surface area (Å²) in [6.45, 7) is 2.14. The van der Waals surface area contributed by atoms with Crippen LogP contribution in [0.4, 0.5) is 0 Å². The maximum atomic E-state index is 5.24. The zero-order chi connectivity index (χ0) is 35.3.